The number of isocyanates is 1. The van der Waals surface area contributed by atoms with Gasteiger partial charge in [-0.15, -0.1) is 0 Å². The zero-order chi connectivity index (χ0) is 12.2. The second kappa shape index (κ2) is 11.6. The van der Waals surface area contributed by atoms with Gasteiger partial charge in [-0.3, -0.25) is 0 Å². The van der Waals surface area contributed by atoms with Gasteiger partial charge >= 0.3 is 8.80 Å². The molecule has 0 unspecified atom stereocenters. The van der Waals surface area contributed by atoms with E-state index in [1.807, 2.05) is 27.7 Å². The van der Waals surface area contributed by atoms with E-state index in [-0.39, 0.29) is 0 Å². The molecule has 1 N–H and O–H groups in total. The summed E-state index contributed by atoms with van der Waals surface area (Å²) in [5, 5.41) is 5.40. The van der Waals surface area contributed by atoms with Crippen molar-refractivity contribution in [3.05, 3.63) is 0 Å². The van der Waals surface area contributed by atoms with Gasteiger partial charge in [0, 0.05) is 25.9 Å². The first kappa shape index (κ1) is 16.9. The molecule has 0 aromatic rings. The summed E-state index contributed by atoms with van der Waals surface area (Å²) in [6, 6.07) is 0.850. The first-order valence-corrected chi connectivity index (χ1v) is 7.05. The summed E-state index contributed by atoms with van der Waals surface area (Å²) in [5.74, 6) is 0. The van der Waals surface area contributed by atoms with Gasteiger partial charge in [0.2, 0.25) is 6.08 Å². The number of carbonyl (C=O) groups excluding carboxylic acids is 1. The van der Waals surface area contributed by atoms with Crippen LogP contribution < -0.4 is 0 Å². The highest BCUT2D eigenvalue weighted by Gasteiger charge is 2.37. The molecule has 0 aliphatic rings. The van der Waals surface area contributed by atoms with E-state index >= 15 is 0 Å². The van der Waals surface area contributed by atoms with E-state index in [0.717, 1.165) is 12.1 Å². The molecule has 0 rings (SSSR count). The van der Waals surface area contributed by atoms with Crippen molar-refractivity contribution in [3.8, 4) is 0 Å². The third kappa shape index (κ3) is 8.47. The average molecular weight is 235 g/mol. The predicted octanol–water partition coefficient (Wildman–Crippen LogP) is 1.96. The lowest BCUT2D eigenvalue weighted by atomic mass is 10.9. The fourth-order valence-electron chi connectivity index (χ4n) is 1.09. The van der Waals surface area contributed by atoms with Gasteiger partial charge in [0.15, 0.2) is 0 Å². The van der Waals surface area contributed by atoms with Crippen molar-refractivity contribution in [3.63, 3.8) is 0 Å². The third-order valence-corrected chi connectivity index (χ3v) is 4.58. The predicted molar refractivity (Wildman–Crippen MR) is 59.5 cm³/mol. The molecule has 90 valence electrons. The Labute approximate surface area is 92.6 Å². The van der Waals surface area contributed by atoms with Crippen molar-refractivity contribution in [1.82, 2.24) is 0 Å². The summed E-state index contributed by atoms with van der Waals surface area (Å²) >= 11 is 0. The van der Waals surface area contributed by atoms with Crippen LogP contribution in [-0.4, -0.2) is 34.7 Å². The molecule has 5 nitrogen and oxygen atoms in total. The van der Waals surface area contributed by atoms with Crippen LogP contribution in [0.4, 0.5) is 0 Å². The van der Waals surface area contributed by atoms with Crippen LogP contribution in [0.15, 0.2) is 0 Å². The molecule has 0 aromatic heterocycles. The van der Waals surface area contributed by atoms with Crippen molar-refractivity contribution in [2.45, 2.75) is 33.7 Å². The Balaban J connectivity index is 0. The highest BCUT2D eigenvalue weighted by atomic mass is 28.4. The highest BCUT2D eigenvalue weighted by molar-refractivity contribution is 6.60. The number of hydrogen-bond donors (Lipinski definition) is 1. The van der Waals surface area contributed by atoms with Gasteiger partial charge in [0.05, 0.1) is 0 Å². The van der Waals surface area contributed by atoms with Gasteiger partial charge in [0.1, 0.15) is 0 Å². The van der Waals surface area contributed by atoms with Gasteiger partial charge in [-0.05, 0) is 20.8 Å². The topological polar surface area (TPSA) is 68.6 Å². The summed E-state index contributed by atoms with van der Waals surface area (Å²) in [5.41, 5.74) is 0. The Morgan fingerprint density at radius 1 is 1.00 bits per heavy atom. The number of nitrogens with one attached hydrogen (secondary N) is 1. The fourth-order valence-corrected chi connectivity index (χ4v) is 3.27. The SMILES string of the molecule is CCO[Si](CC)(OCC)OCC.N=C=O. The quantitative estimate of drug-likeness (QED) is 0.416. The third-order valence-electron chi connectivity index (χ3n) is 1.53. The minimum absolute atomic E-state index is 0.667. The Bertz CT molecular complexity index is 154. The lowest BCUT2D eigenvalue weighted by Gasteiger charge is -2.26. The molecule has 0 aromatic carbocycles. The maximum Gasteiger partial charge on any atom is 0.500 e. The van der Waals surface area contributed by atoms with E-state index in [4.69, 9.17) is 23.5 Å². The minimum atomic E-state index is -2.27. The van der Waals surface area contributed by atoms with Crippen LogP contribution >= 0.6 is 0 Å². The average Bonchev–Trinajstić information content (AvgIpc) is 2.20. The molecule has 0 aliphatic heterocycles. The molecular formula is C9H21NO4Si. The summed E-state index contributed by atoms with van der Waals surface area (Å²) < 4.78 is 16.7. The lowest BCUT2D eigenvalue weighted by Crippen LogP contribution is -2.45. The molecule has 15 heavy (non-hydrogen) atoms. The smallest absolute Gasteiger partial charge is 0.374 e. The molecule has 0 bridgehead atoms. The van der Waals surface area contributed by atoms with Crippen molar-refractivity contribution in [2.75, 3.05) is 19.8 Å². The summed E-state index contributed by atoms with van der Waals surface area (Å²) in [6.07, 6.45) is 0.750. The number of hydrogen-bond acceptors (Lipinski definition) is 5. The molecule has 0 amide bonds. The molecular weight excluding hydrogens is 214 g/mol. The minimum Gasteiger partial charge on any atom is -0.374 e. The van der Waals surface area contributed by atoms with Crippen LogP contribution in [0.5, 0.6) is 0 Å². The van der Waals surface area contributed by atoms with Crippen LogP contribution in [0.3, 0.4) is 0 Å². The Kier molecular flexibility index (Phi) is 13.0. The molecule has 0 heterocycles. The van der Waals surface area contributed by atoms with Crippen LogP contribution in [-0.2, 0) is 18.1 Å². The standard InChI is InChI=1S/C8H20O3Si.CHNO/c1-5-9-12(8-4,10-6-2)11-7-3;2-1-3/h5-8H2,1-4H3;2H. The summed E-state index contributed by atoms with van der Waals surface area (Å²) in [4.78, 5) is 8.35. The monoisotopic (exact) mass is 235 g/mol. The van der Waals surface area contributed by atoms with Crippen molar-refractivity contribution in [1.29, 1.82) is 5.41 Å². The normalized spacial score (nSPS) is 10.1. The molecule has 0 radical (unpaired) electrons. The zero-order valence-electron chi connectivity index (χ0n) is 9.96. The van der Waals surface area contributed by atoms with E-state index in [1.54, 1.807) is 0 Å². The number of rotatable bonds is 7. The summed E-state index contributed by atoms with van der Waals surface area (Å²) in [7, 11) is -2.27. The van der Waals surface area contributed by atoms with E-state index < -0.39 is 8.80 Å². The molecule has 0 aliphatic carbocycles. The Morgan fingerprint density at radius 3 is 1.40 bits per heavy atom. The van der Waals surface area contributed by atoms with E-state index in [0.29, 0.717) is 19.8 Å². The Hall–Kier alpha value is -0.523. The van der Waals surface area contributed by atoms with Crippen LogP contribution in [0.1, 0.15) is 27.7 Å². The second-order valence-electron chi connectivity index (χ2n) is 2.44. The van der Waals surface area contributed by atoms with Crippen LogP contribution in [0.25, 0.3) is 0 Å². The molecule has 0 saturated carbocycles. The van der Waals surface area contributed by atoms with Gasteiger partial charge < -0.3 is 13.3 Å². The fraction of sp³-hybridized carbons (Fsp3) is 0.889. The molecule has 6 heteroatoms. The summed E-state index contributed by atoms with van der Waals surface area (Å²) in [6.45, 7) is 9.95. The van der Waals surface area contributed by atoms with Crippen molar-refractivity contribution < 1.29 is 18.1 Å². The van der Waals surface area contributed by atoms with Gasteiger partial charge in [-0.2, -0.15) is 0 Å². The Morgan fingerprint density at radius 2 is 1.27 bits per heavy atom. The second-order valence-corrected chi connectivity index (χ2v) is 5.38. The molecule has 0 spiro atoms. The lowest BCUT2D eigenvalue weighted by molar-refractivity contribution is 0.0725. The van der Waals surface area contributed by atoms with E-state index in [1.165, 1.54) is 0 Å². The van der Waals surface area contributed by atoms with E-state index in [2.05, 4.69) is 0 Å². The maximum absolute atomic E-state index is 8.35. The van der Waals surface area contributed by atoms with Crippen molar-refractivity contribution >= 4 is 14.9 Å². The molecule has 0 fully saturated rings. The van der Waals surface area contributed by atoms with Gasteiger partial charge in [-0.25, -0.2) is 10.2 Å². The van der Waals surface area contributed by atoms with E-state index in [9.17, 15) is 0 Å². The van der Waals surface area contributed by atoms with Crippen LogP contribution in [0.2, 0.25) is 6.04 Å². The van der Waals surface area contributed by atoms with Gasteiger partial charge in [0.25, 0.3) is 0 Å². The van der Waals surface area contributed by atoms with Crippen LogP contribution in [0, 0.1) is 5.41 Å². The maximum atomic E-state index is 8.35. The molecule has 0 atom stereocenters. The zero-order valence-corrected chi connectivity index (χ0v) is 11.0. The first-order chi connectivity index (χ1) is 7.16. The molecule has 0 saturated heterocycles. The van der Waals surface area contributed by atoms with Crippen molar-refractivity contribution in [2.24, 2.45) is 0 Å². The van der Waals surface area contributed by atoms with Gasteiger partial charge in [-0.1, -0.05) is 6.92 Å². The largest absolute Gasteiger partial charge is 0.500 e. The highest BCUT2D eigenvalue weighted by Crippen LogP contribution is 2.14. The first-order valence-electron chi connectivity index (χ1n) is 5.11.